The van der Waals surface area contributed by atoms with Crippen molar-refractivity contribution >= 4 is 52.3 Å². The van der Waals surface area contributed by atoms with E-state index in [0.29, 0.717) is 40.6 Å². The van der Waals surface area contributed by atoms with Crippen LogP contribution in [-0.2, 0) is 71.7 Å². The highest BCUT2D eigenvalue weighted by molar-refractivity contribution is 5.97. The maximum absolute atomic E-state index is 14.5. The zero-order valence-corrected chi connectivity index (χ0v) is 44.2. The van der Waals surface area contributed by atoms with Crippen LogP contribution in [0.4, 0.5) is 26.3 Å². The van der Waals surface area contributed by atoms with Crippen molar-refractivity contribution in [2.24, 2.45) is 11.7 Å². The number of nitrogens with two attached hydrogens (primary N) is 1. The van der Waals surface area contributed by atoms with Gasteiger partial charge in [-0.05, 0) is 122 Å². The Morgan fingerprint density at radius 1 is 0.696 bits per heavy atom. The van der Waals surface area contributed by atoms with Gasteiger partial charge in [0.25, 0.3) is 0 Å². The van der Waals surface area contributed by atoms with Gasteiger partial charge in [-0.3, -0.25) is 33.6 Å². The third-order valence-corrected chi connectivity index (χ3v) is 13.6. The van der Waals surface area contributed by atoms with Crippen molar-refractivity contribution < 1.29 is 65.0 Å². The first-order valence-corrected chi connectivity index (χ1v) is 25.7. The topological polar surface area (TPSA) is 257 Å². The second-order valence-electron chi connectivity index (χ2n) is 20.3. The Labute approximate surface area is 452 Å². The number of phenolic OH excluding ortho intramolecular Hbond substituents is 1. The molecule has 1 aliphatic heterocycles. The van der Waals surface area contributed by atoms with E-state index in [9.17, 15) is 65.0 Å². The lowest BCUT2D eigenvalue weighted by Gasteiger charge is -2.30. The highest BCUT2D eigenvalue weighted by atomic mass is 19.4. The van der Waals surface area contributed by atoms with E-state index in [2.05, 4.69) is 36.9 Å². The zero-order chi connectivity index (χ0) is 57.9. The molecule has 1 fully saturated rings. The molecule has 0 bridgehead atoms. The summed E-state index contributed by atoms with van der Waals surface area (Å²) in [6.07, 6.45) is -8.24. The summed E-state index contributed by atoms with van der Waals surface area (Å²) in [6.45, 7) is 7.20. The minimum absolute atomic E-state index is 0.0238. The summed E-state index contributed by atoms with van der Waals surface area (Å²) < 4.78 is 82.2. The maximum atomic E-state index is 14.5. The average molecular weight is 1110 g/mol. The Kier molecular flexibility index (Phi) is 19.9. The number of phenols is 1. The van der Waals surface area contributed by atoms with Crippen molar-refractivity contribution in [1.82, 2.24) is 41.8 Å². The molecule has 1 aliphatic rings. The second kappa shape index (κ2) is 26.1. The lowest BCUT2D eigenvalue weighted by Crippen LogP contribution is -2.59. The van der Waals surface area contributed by atoms with Crippen molar-refractivity contribution in [2.45, 2.75) is 128 Å². The van der Waals surface area contributed by atoms with Crippen molar-refractivity contribution in [3.63, 3.8) is 0 Å². The number of aryl methyl sites for hydroxylation is 2. The Morgan fingerprint density at radius 2 is 1.33 bits per heavy atom. The number of aromatic hydroxyl groups is 1. The normalized spacial score (nSPS) is 15.6. The van der Waals surface area contributed by atoms with E-state index in [4.69, 9.17) is 5.73 Å². The van der Waals surface area contributed by atoms with Crippen molar-refractivity contribution in [3.8, 4) is 5.75 Å². The van der Waals surface area contributed by atoms with Gasteiger partial charge in [0.05, 0.1) is 23.7 Å². The summed E-state index contributed by atoms with van der Waals surface area (Å²) in [5.41, 5.74) is 6.61. The number of carbonyl (C=O) groups is 7. The number of alkyl halides is 6. The number of benzene rings is 4. The molecule has 6 atom stereocenters. The molecule has 424 valence electrons. The number of nitrogens with zero attached hydrogens (tertiary/aromatic N) is 1. The standard InChI is InChI=1S/C56H65F6N9O8/c1-30(2)18-44(52(77)69-45(24-36-28-64-43-15-10-9-14-40(36)43)51(76)65-27-35-21-37(55(57,58)59)25-38(22-35)56(60,61)62)70-53(78)47-16-11-17-71(47)54(79)46(23-34-12-7-6-8-13-34)68-48(73)29-66-49(74)33(5)67-50(75)42(63)26-41-31(3)19-39(72)20-32(41)4/h6-10,12-15,19-22,25,28,30,33,42,44-47,64,72H,11,16-18,23-24,26-27,29,63H2,1-5H3,(H,65,76)(H,66,74)(H,67,75)(H,68,73)(H,69,77)(H,70,78)/t33-,42-,44-,45-,46-,47-/m0/s1. The smallest absolute Gasteiger partial charge is 0.416 e. The summed E-state index contributed by atoms with van der Waals surface area (Å²) in [5, 5.41) is 26.0. The predicted octanol–water partition coefficient (Wildman–Crippen LogP) is 5.31. The van der Waals surface area contributed by atoms with Crippen LogP contribution in [0.25, 0.3) is 10.9 Å². The van der Waals surface area contributed by atoms with Crippen molar-refractivity contribution in [3.05, 3.63) is 136 Å². The van der Waals surface area contributed by atoms with Crippen LogP contribution in [0, 0.1) is 19.8 Å². The van der Waals surface area contributed by atoms with Gasteiger partial charge >= 0.3 is 12.4 Å². The molecule has 0 radical (unpaired) electrons. The summed E-state index contributed by atoms with van der Waals surface area (Å²) in [5.74, 6) is -5.45. The minimum atomic E-state index is -5.14. The first-order valence-electron chi connectivity index (χ1n) is 25.7. The number of aromatic nitrogens is 1. The molecule has 0 unspecified atom stereocenters. The van der Waals surface area contributed by atoms with Gasteiger partial charge in [0, 0.05) is 43.0 Å². The fraction of sp³-hybridized carbons (Fsp3) is 0.411. The number of hydrogen-bond donors (Lipinski definition) is 9. The molecule has 0 saturated carbocycles. The molecule has 17 nitrogen and oxygen atoms in total. The van der Waals surface area contributed by atoms with Crippen LogP contribution in [0.2, 0.25) is 0 Å². The fourth-order valence-electron chi connectivity index (χ4n) is 9.52. The summed E-state index contributed by atoms with van der Waals surface area (Å²) in [4.78, 5) is 101. The molecule has 1 saturated heterocycles. The van der Waals surface area contributed by atoms with E-state index in [0.717, 1.165) is 16.7 Å². The number of nitrogens with one attached hydrogen (secondary N) is 7. The number of aromatic amines is 1. The van der Waals surface area contributed by atoms with Gasteiger partial charge < -0.3 is 52.6 Å². The maximum Gasteiger partial charge on any atom is 0.416 e. The molecule has 10 N–H and O–H groups in total. The molecular formula is C56H65F6N9O8. The van der Waals surface area contributed by atoms with Gasteiger partial charge in [-0.1, -0.05) is 62.4 Å². The van der Waals surface area contributed by atoms with Crippen LogP contribution < -0.4 is 37.6 Å². The minimum Gasteiger partial charge on any atom is -0.508 e. The van der Waals surface area contributed by atoms with Crippen LogP contribution in [0.1, 0.15) is 84.5 Å². The number of carbonyl (C=O) groups excluding carboxylic acids is 7. The molecule has 4 aromatic carbocycles. The van der Waals surface area contributed by atoms with Crippen LogP contribution >= 0.6 is 0 Å². The number of fused-ring (bicyclic) bond motifs is 1. The summed E-state index contributed by atoms with van der Waals surface area (Å²) >= 11 is 0. The van der Waals surface area contributed by atoms with Gasteiger partial charge in [-0.25, -0.2) is 0 Å². The predicted molar refractivity (Wildman–Crippen MR) is 280 cm³/mol. The Morgan fingerprint density at radius 3 is 1.96 bits per heavy atom. The van der Waals surface area contributed by atoms with Gasteiger partial charge in [-0.2, -0.15) is 26.3 Å². The molecule has 0 aliphatic carbocycles. The summed E-state index contributed by atoms with van der Waals surface area (Å²) in [7, 11) is 0. The monoisotopic (exact) mass is 1110 g/mol. The van der Waals surface area contributed by atoms with Gasteiger partial charge in [0.1, 0.15) is 36.0 Å². The van der Waals surface area contributed by atoms with Crippen LogP contribution in [0.15, 0.2) is 91.1 Å². The molecule has 79 heavy (non-hydrogen) atoms. The largest absolute Gasteiger partial charge is 0.508 e. The third kappa shape index (κ3) is 16.5. The number of hydrogen-bond acceptors (Lipinski definition) is 9. The van der Waals surface area contributed by atoms with E-state index in [1.807, 2.05) is 0 Å². The number of H-pyrrole nitrogens is 1. The fourth-order valence-corrected chi connectivity index (χ4v) is 9.52. The van der Waals surface area contributed by atoms with E-state index in [1.54, 1.807) is 101 Å². The Hall–Kier alpha value is -7.95. The quantitative estimate of drug-likeness (QED) is 0.0407. The Bertz CT molecular complexity index is 2970. The van der Waals surface area contributed by atoms with E-state index in [1.165, 1.54) is 11.8 Å². The van der Waals surface area contributed by atoms with Crippen molar-refractivity contribution in [2.75, 3.05) is 13.1 Å². The molecule has 1 aromatic heterocycles. The zero-order valence-electron chi connectivity index (χ0n) is 44.2. The van der Waals surface area contributed by atoms with E-state index >= 15 is 0 Å². The van der Waals surface area contributed by atoms with Crippen LogP contribution in [0.3, 0.4) is 0 Å². The van der Waals surface area contributed by atoms with E-state index in [-0.39, 0.29) is 56.4 Å². The summed E-state index contributed by atoms with van der Waals surface area (Å²) in [6, 6.07) is 12.4. The molecule has 7 amide bonds. The first-order chi connectivity index (χ1) is 37.2. The molecule has 23 heteroatoms. The van der Waals surface area contributed by atoms with E-state index < -0.39 is 120 Å². The molecule has 6 rings (SSSR count). The molecule has 0 spiro atoms. The first kappa shape index (κ1) is 60.3. The number of likely N-dealkylation sites (tertiary alicyclic amines) is 1. The molecule has 5 aromatic rings. The van der Waals surface area contributed by atoms with Crippen LogP contribution in [0.5, 0.6) is 5.75 Å². The van der Waals surface area contributed by atoms with Gasteiger partial charge in [0.15, 0.2) is 0 Å². The van der Waals surface area contributed by atoms with Crippen LogP contribution in [-0.4, -0.2) is 106 Å². The Balaban J connectivity index is 1.14. The van der Waals surface area contributed by atoms with Gasteiger partial charge in [0.2, 0.25) is 41.4 Å². The average Bonchev–Trinajstić information content (AvgIpc) is 4.05. The number of halogens is 6. The van der Waals surface area contributed by atoms with Crippen molar-refractivity contribution in [1.29, 1.82) is 0 Å². The molecule has 2 heterocycles. The highest BCUT2D eigenvalue weighted by Gasteiger charge is 2.41. The highest BCUT2D eigenvalue weighted by Crippen LogP contribution is 2.36. The van der Waals surface area contributed by atoms with Gasteiger partial charge in [-0.15, -0.1) is 0 Å². The third-order valence-electron chi connectivity index (χ3n) is 13.6. The second-order valence-corrected chi connectivity index (χ2v) is 20.3. The number of para-hydroxylation sites is 1. The lowest BCUT2D eigenvalue weighted by molar-refractivity contribution is -0.143. The lowest BCUT2D eigenvalue weighted by atomic mass is 9.96. The SMILES string of the molecule is Cc1cc(O)cc(C)c1C[C@H](N)C(=O)N[C@@H](C)C(=O)NCC(=O)N[C@@H](Cc1ccccc1)C(=O)N1CCC[C@H]1C(=O)N[C@@H](CC(C)C)C(=O)N[C@@H](Cc1c[nH]c2ccccc12)C(=O)NCc1cc(C(F)(F)F)cc(C(F)(F)F)c1. The number of amides is 7. The number of rotatable bonds is 22. The molecular weight excluding hydrogens is 1040 g/mol.